The van der Waals surface area contributed by atoms with Crippen LogP contribution >= 0.6 is 27.3 Å². The van der Waals surface area contributed by atoms with Crippen molar-refractivity contribution in [3.63, 3.8) is 0 Å². The van der Waals surface area contributed by atoms with Gasteiger partial charge in [-0.3, -0.25) is 15.0 Å². The number of hydrogen-bond donors (Lipinski definition) is 1. The molecule has 128 valence electrons. The molecule has 1 aromatic heterocycles. The molecule has 1 heterocycles. The predicted octanol–water partition coefficient (Wildman–Crippen LogP) is 3.66. The van der Waals surface area contributed by atoms with Crippen LogP contribution in [0, 0.1) is 0 Å². The number of halogens is 1. The topological polar surface area (TPSA) is 60.3 Å². The number of thiazole rings is 1. The van der Waals surface area contributed by atoms with Gasteiger partial charge in [0.2, 0.25) is 5.91 Å². The minimum Gasteiger partial charge on any atom is -0.497 e. The summed E-state index contributed by atoms with van der Waals surface area (Å²) in [6, 6.07) is 14.8. The van der Waals surface area contributed by atoms with Gasteiger partial charge in [0.15, 0.2) is 0 Å². The van der Waals surface area contributed by atoms with E-state index in [1.165, 1.54) is 4.68 Å². The fourth-order valence-electron chi connectivity index (χ4n) is 2.33. The number of nitrogens with one attached hydrogen (secondary N) is 1. The van der Waals surface area contributed by atoms with Crippen LogP contribution in [-0.4, -0.2) is 17.7 Å². The van der Waals surface area contributed by atoms with Crippen LogP contribution in [0.5, 0.6) is 5.75 Å². The summed E-state index contributed by atoms with van der Waals surface area (Å²) < 4.78 is 7.38. The number of benzene rings is 2. The van der Waals surface area contributed by atoms with Crippen molar-refractivity contribution >= 4 is 33.2 Å². The first-order valence-corrected chi connectivity index (χ1v) is 9.13. The lowest BCUT2D eigenvalue weighted by molar-refractivity contribution is -0.116. The third-order valence-electron chi connectivity index (χ3n) is 3.60. The van der Waals surface area contributed by atoms with Gasteiger partial charge in [0.25, 0.3) is 0 Å². The molecule has 5 nitrogen and oxygen atoms in total. The number of ether oxygens (including phenoxy) is 1. The first-order chi connectivity index (χ1) is 12.1. The predicted molar refractivity (Wildman–Crippen MR) is 103 cm³/mol. The zero-order chi connectivity index (χ0) is 17.8. The van der Waals surface area contributed by atoms with Gasteiger partial charge in [-0.2, -0.15) is 0 Å². The number of aromatic nitrogens is 1. The van der Waals surface area contributed by atoms with Crippen molar-refractivity contribution in [1.29, 1.82) is 0 Å². The third kappa shape index (κ3) is 4.18. The fourth-order valence-corrected chi connectivity index (χ4v) is 3.29. The minimum absolute atomic E-state index is 0.192. The highest BCUT2D eigenvalue weighted by Crippen LogP contribution is 2.22. The Balaban J connectivity index is 1.80. The number of carbonyl (C=O) groups is 1. The van der Waals surface area contributed by atoms with Crippen molar-refractivity contribution in [2.45, 2.75) is 6.42 Å². The Hall–Kier alpha value is -2.38. The summed E-state index contributed by atoms with van der Waals surface area (Å²) in [4.78, 5) is 24.2. The maximum atomic E-state index is 12.3. The molecule has 0 aliphatic rings. The molecule has 1 amide bonds. The molecule has 25 heavy (non-hydrogen) atoms. The Labute approximate surface area is 157 Å². The Morgan fingerprint density at radius 3 is 2.48 bits per heavy atom. The molecule has 0 bridgehead atoms. The van der Waals surface area contributed by atoms with Gasteiger partial charge in [0.1, 0.15) is 5.75 Å². The summed E-state index contributed by atoms with van der Waals surface area (Å²) in [6.45, 7) is 0. The van der Waals surface area contributed by atoms with E-state index < -0.39 is 0 Å². The van der Waals surface area contributed by atoms with E-state index >= 15 is 0 Å². The van der Waals surface area contributed by atoms with Crippen LogP contribution in [0.15, 0.2) is 63.2 Å². The third-order valence-corrected chi connectivity index (χ3v) is 4.85. The van der Waals surface area contributed by atoms with Crippen LogP contribution in [0.25, 0.3) is 11.3 Å². The largest absolute Gasteiger partial charge is 0.497 e. The Bertz CT molecular complexity index is 930. The number of methoxy groups -OCH3 is 1. The summed E-state index contributed by atoms with van der Waals surface area (Å²) in [7, 11) is 1.60. The maximum absolute atomic E-state index is 12.3. The summed E-state index contributed by atoms with van der Waals surface area (Å²) >= 11 is 4.40. The molecule has 0 spiro atoms. The maximum Gasteiger partial charge on any atom is 0.326 e. The van der Waals surface area contributed by atoms with Gasteiger partial charge in [0.05, 0.1) is 19.2 Å². The molecule has 0 saturated carbocycles. The zero-order valence-electron chi connectivity index (χ0n) is 13.4. The Kier molecular flexibility index (Phi) is 5.35. The van der Waals surface area contributed by atoms with Gasteiger partial charge in [-0.1, -0.05) is 39.4 Å². The number of nitrogens with zero attached hydrogens (tertiary/aromatic N) is 1. The van der Waals surface area contributed by atoms with E-state index in [1.54, 1.807) is 12.5 Å². The summed E-state index contributed by atoms with van der Waals surface area (Å²) in [5, 5.41) is 1.73. The van der Waals surface area contributed by atoms with Gasteiger partial charge in [-0.05, 0) is 42.0 Å². The van der Waals surface area contributed by atoms with Gasteiger partial charge < -0.3 is 4.74 Å². The highest BCUT2D eigenvalue weighted by molar-refractivity contribution is 9.10. The average Bonchev–Trinajstić information content (AvgIpc) is 2.98. The van der Waals surface area contributed by atoms with E-state index in [9.17, 15) is 9.59 Å². The molecule has 0 saturated heterocycles. The van der Waals surface area contributed by atoms with E-state index in [2.05, 4.69) is 21.4 Å². The first-order valence-electron chi connectivity index (χ1n) is 7.46. The molecule has 2 aromatic carbocycles. The van der Waals surface area contributed by atoms with Gasteiger partial charge >= 0.3 is 4.87 Å². The summed E-state index contributed by atoms with van der Waals surface area (Å²) in [5.74, 6) is 0.477. The minimum atomic E-state index is -0.252. The molecule has 0 aliphatic carbocycles. The lowest BCUT2D eigenvalue weighted by Crippen LogP contribution is -2.31. The molecule has 0 aliphatic heterocycles. The zero-order valence-corrected chi connectivity index (χ0v) is 15.8. The van der Waals surface area contributed by atoms with E-state index in [4.69, 9.17) is 4.74 Å². The molecule has 0 unspecified atom stereocenters. The van der Waals surface area contributed by atoms with E-state index in [1.807, 2.05) is 48.5 Å². The highest BCUT2D eigenvalue weighted by atomic mass is 79.9. The number of hydrogen-bond acceptors (Lipinski definition) is 4. The molecule has 3 rings (SSSR count). The lowest BCUT2D eigenvalue weighted by atomic mass is 10.1. The van der Waals surface area contributed by atoms with E-state index in [0.717, 1.165) is 32.7 Å². The summed E-state index contributed by atoms with van der Waals surface area (Å²) in [5.41, 5.74) is 5.01. The van der Waals surface area contributed by atoms with Crippen LogP contribution in [-0.2, 0) is 11.2 Å². The number of amides is 1. The normalized spacial score (nSPS) is 10.5. The van der Waals surface area contributed by atoms with E-state index in [-0.39, 0.29) is 17.2 Å². The van der Waals surface area contributed by atoms with E-state index in [0.29, 0.717) is 5.69 Å². The van der Waals surface area contributed by atoms with Crippen molar-refractivity contribution in [3.05, 3.63) is 73.6 Å². The van der Waals surface area contributed by atoms with Crippen LogP contribution < -0.4 is 15.0 Å². The second-order valence-corrected chi connectivity index (χ2v) is 7.03. The average molecular weight is 419 g/mol. The monoisotopic (exact) mass is 418 g/mol. The summed E-state index contributed by atoms with van der Waals surface area (Å²) in [6.07, 6.45) is 0.192. The molecular formula is C18H15BrN2O3S. The second kappa shape index (κ2) is 7.67. The highest BCUT2D eigenvalue weighted by Gasteiger charge is 2.12. The van der Waals surface area contributed by atoms with Crippen molar-refractivity contribution in [1.82, 2.24) is 4.68 Å². The molecular weight excluding hydrogens is 404 g/mol. The molecule has 0 atom stereocenters. The van der Waals surface area contributed by atoms with Crippen LogP contribution in [0.2, 0.25) is 0 Å². The van der Waals surface area contributed by atoms with Gasteiger partial charge in [-0.25, -0.2) is 4.68 Å². The van der Waals surface area contributed by atoms with Crippen molar-refractivity contribution in [2.75, 3.05) is 12.5 Å². The quantitative estimate of drug-likeness (QED) is 0.687. The molecule has 3 aromatic rings. The number of carbonyl (C=O) groups excluding carboxylic acids is 1. The van der Waals surface area contributed by atoms with Gasteiger partial charge in [-0.15, -0.1) is 0 Å². The van der Waals surface area contributed by atoms with Crippen molar-refractivity contribution in [3.8, 4) is 17.0 Å². The van der Waals surface area contributed by atoms with Crippen molar-refractivity contribution in [2.24, 2.45) is 0 Å². The number of rotatable bonds is 5. The standard InChI is InChI=1S/C18H15BrN2O3S/c1-24-15-8-4-13(5-9-15)16-11-25-18(23)21(16)20-17(22)10-12-2-6-14(19)7-3-12/h2-9,11H,10H2,1H3,(H,20,22). The first kappa shape index (κ1) is 17.4. The van der Waals surface area contributed by atoms with Crippen LogP contribution in [0.4, 0.5) is 0 Å². The molecule has 0 radical (unpaired) electrons. The smallest absolute Gasteiger partial charge is 0.326 e. The Morgan fingerprint density at radius 1 is 1.16 bits per heavy atom. The lowest BCUT2D eigenvalue weighted by Gasteiger charge is -2.10. The van der Waals surface area contributed by atoms with Crippen LogP contribution in [0.3, 0.4) is 0 Å². The van der Waals surface area contributed by atoms with Crippen molar-refractivity contribution < 1.29 is 9.53 Å². The molecule has 0 fully saturated rings. The second-order valence-electron chi connectivity index (χ2n) is 5.29. The molecule has 7 heteroatoms. The van der Waals surface area contributed by atoms with Crippen LogP contribution in [0.1, 0.15) is 5.56 Å². The molecule has 1 N–H and O–H groups in total. The SMILES string of the molecule is COc1ccc(-c2csc(=O)n2NC(=O)Cc2ccc(Br)cc2)cc1. The van der Waals surface area contributed by atoms with Gasteiger partial charge in [0, 0.05) is 15.4 Å². The fraction of sp³-hybridized carbons (Fsp3) is 0.111. The Morgan fingerprint density at radius 2 is 1.84 bits per heavy atom.